The van der Waals surface area contributed by atoms with Gasteiger partial charge in [0.2, 0.25) is 17.8 Å². The molecule has 1 saturated carbocycles. The minimum atomic E-state index is 0.482. The van der Waals surface area contributed by atoms with Crippen LogP contribution in [0, 0.1) is 5.92 Å². The molecule has 1 aliphatic carbocycles. The zero-order valence-corrected chi connectivity index (χ0v) is 13.0. The molecule has 6 nitrogen and oxygen atoms in total. The Morgan fingerprint density at radius 1 is 1.15 bits per heavy atom. The molecule has 0 aliphatic heterocycles. The van der Waals surface area contributed by atoms with E-state index in [0.29, 0.717) is 23.9 Å². The molecule has 0 saturated heterocycles. The van der Waals surface area contributed by atoms with E-state index in [1.165, 1.54) is 32.1 Å². The second-order valence-corrected chi connectivity index (χ2v) is 5.71. The summed E-state index contributed by atoms with van der Waals surface area (Å²) in [4.78, 5) is 15.1. The highest BCUT2D eigenvalue weighted by atomic mass is 15.3. The molecule has 1 fully saturated rings. The van der Waals surface area contributed by atoms with Crippen molar-refractivity contribution in [3.05, 3.63) is 0 Å². The zero-order valence-electron chi connectivity index (χ0n) is 13.0. The van der Waals surface area contributed by atoms with Crippen LogP contribution in [0.25, 0.3) is 0 Å². The van der Waals surface area contributed by atoms with Gasteiger partial charge in [0.25, 0.3) is 0 Å². The average Bonchev–Trinajstić information content (AvgIpc) is 2.47. The second kappa shape index (κ2) is 6.72. The van der Waals surface area contributed by atoms with Crippen LogP contribution in [0.3, 0.4) is 0 Å². The molecule has 6 heteroatoms. The Morgan fingerprint density at radius 2 is 1.90 bits per heavy atom. The Bertz CT molecular complexity index is 434. The SMILES string of the molecule is CCC1CCCC(Nc2nc(NC)nc(N(C)C)n2)C1. The minimum absolute atomic E-state index is 0.482. The van der Waals surface area contributed by atoms with Gasteiger partial charge in [-0.25, -0.2) is 0 Å². The first-order valence-electron chi connectivity index (χ1n) is 7.50. The Morgan fingerprint density at radius 3 is 2.55 bits per heavy atom. The number of nitrogens with zero attached hydrogens (tertiary/aromatic N) is 4. The number of hydrogen-bond donors (Lipinski definition) is 2. The molecule has 1 aromatic rings. The number of aromatic nitrogens is 3. The van der Waals surface area contributed by atoms with Crippen LogP contribution in [0.15, 0.2) is 0 Å². The molecule has 1 aliphatic rings. The summed E-state index contributed by atoms with van der Waals surface area (Å²) in [6.07, 6.45) is 6.33. The molecule has 20 heavy (non-hydrogen) atoms. The van der Waals surface area contributed by atoms with Gasteiger partial charge in [-0.05, 0) is 18.8 Å². The first kappa shape index (κ1) is 14.8. The molecule has 2 unspecified atom stereocenters. The summed E-state index contributed by atoms with van der Waals surface area (Å²) in [5, 5.41) is 6.48. The van der Waals surface area contributed by atoms with Crippen molar-refractivity contribution >= 4 is 17.8 Å². The second-order valence-electron chi connectivity index (χ2n) is 5.71. The van der Waals surface area contributed by atoms with Crippen molar-refractivity contribution in [3.8, 4) is 0 Å². The van der Waals surface area contributed by atoms with E-state index < -0.39 is 0 Å². The van der Waals surface area contributed by atoms with Gasteiger partial charge in [-0.1, -0.05) is 26.2 Å². The molecule has 0 spiro atoms. The molecule has 0 radical (unpaired) electrons. The first-order chi connectivity index (χ1) is 9.62. The maximum Gasteiger partial charge on any atom is 0.231 e. The summed E-state index contributed by atoms with van der Waals surface area (Å²) in [6, 6.07) is 0.482. The lowest BCUT2D eigenvalue weighted by Crippen LogP contribution is -2.28. The van der Waals surface area contributed by atoms with Crippen LogP contribution in [-0.2, 0) is 0 Å². The average molecular weight is 278 g/mol. The van der Waals surface area contributed by atoms with E-state index in [1.807, 2.05) is 26.0 Å². The normalized spacial score (nSPS) is 22.4. The van der Waals surface area contributed by atoms with Crippen LogP contribution < -0.4 is 15.5 Å². The molecule has 112 valence electrons. The van der Waals surface area contributed by atoms with Gasteiger partial charge in [-0.3, -0.25) is 0 Å². The third kappa shape index (κ3) is 3.71. The van der Waals surface area contributed by atoms with Crippen molar-refractivity contribution < 1.29 is 0 Å². The molecule has 0 bridgehead atoms. The summed E-state index contributed by atoms with van der Waals surface area (Å²) in [5.74, 6) is 2.79. The lowest BCUT2D eigenvalue weighted by atomic mass is 9.84. The van der Waals surface area contributed by atoms with E-state index in [2.05, 4.69) is 32.5 Å². The predicted molar refractivity (Wildman–Crippen MR) is 83.4 cm³/mol. The summed E-state index contributed by atoms with van der Waals surface area (Å²) in [7, 11) is 5.70. The van der Waals surface area contributed by atoms with Gasteiger partial charge in [0.15, 0.2) is 0 Å². The van der Waals surface area contributed by atoms with Crippen molar-refractivity contribution in [3.63, 3.8) is 0 Å². The van der Waals surface area contributed by atoms with Crippen LogP contribution in [0.4, 0.5) is 17.8 Å². The lowest BCUT2D eigenvalue weighted by molar-refractivity contribution is 0.326. The highest BCUT2D eigenvalue weighted by Gasteiger charge is 2.21. The standard InChI is InChI=1S/C14H26N6/c1-5-10-7-6-8-11(9-10)16-13-17-12(15-2)18-14(19-13)20(3)4/h10-11H,5-9H2,1-4H3,(H2,15,16,17,18,19). The summed E-state index contributed by atoms with van der Waals surface area (Å²) in [5.41, 5.74) is 0. The highest BCUT2D eigenvalue weighted by Crippen LogP contribution is 2.28. The van der Waals surface area contributed by atoms with E-state index >= 15 is 0 Å². The Kier molecular flexibility index (Phi) is 4.98. The van der Waals surface area contributed by atoms with Crippen molar-refractivity contribution in [1.29, 1.82) is 0 Å². The van der Waals surface area contributed by atoms with Gasteiger partial charge in [-0.2, -0.15) is 15.0 Å². The third-order valence-electron chi connectivity index (χ3n) is 3.94. The molecule has 2 rings (SSSR count). The fraction of sp³-hybridized carbons (Fsp3) is 0.786. The van der Waals surface area contributed by atoms with Gasteiger partial charge in [-0.15, -0.1) is 0 Å². The largest absolute Gasteiger partial charge is 0.357 e. The van der Waals surface area contributed by atoms with Crippen molar-refractivity contribution in [2.24, 2.45) is 5.92 Å². The predicted octanol–water partition coefficient (Wildman–Crippen LogP) is 2.36. The smallest absolute Gasteiger partial charge is 0.231 e. The maximum absolute atomic E-state index is 4.48. The van der Waals surface area contributed by atoms with Gasteiger partial charge in [0.1, 0.15) is 0 Å². The summed E-state index contributed by atoms with van der Waals surface area (Å²) >= 11 is 0. The van der Waals surface area contributed by atoms with E-state index in [4.69, 9.17) is 0 Å². The number of hydrogen-bond acceptors (Lipinski definition) is 6. The fourth-order valence-corrected chi connectivity index (χ4v) is 2.72. The van der Waals surface area contributed by atoms with Crippen molar-refractivity contribution in [1.82, 2.24) is 15.0 Å². The fourth-order valence-electron chi connectivity index (χ4n) is 2.72. The zero-order chi connectivity index (χ0) is 14.5. The molecular formula is C14H26N6. The number of anilines is 3. The number of rotatable bonds is 5. The summed E-state index contributed by atoms with van der Waals surface area (Å²) < 4.78 is 0. The van der Waals surface area contributed by atoms with Crippen LogP contribution in [0.1, 0.15) is 39.0 Å². The van der Waals surface area contributed by atoms with Gasteiger partial charge < -0.3 is 15.5 Å². The third-order valence-corrected chi connectivity index (χ3v) is 3.94. The lowest BCUT2D eigenvalue weighted by Gasteiger charge is -2.29. The van der Waals surface area contributed by atoms with Crippen LogP contribution in [0.5, 0.6) is 0 Å². The minimum Gasteiger partial charge on any atom is -0.357 e. The van der Waals surface area contributed by atoms with Crippen molar-refractivity contribution in [2.75, 3.05) is 36.7 Å². The highest BCUT2D eigenvalue weighted by molar-refractivity contribution is 5.43. The number of nitrogens with one attached hydrogen (secondary N) is 2. The molecule has 1 aromatic heterocycles. The van der Waals surface area contributed by atoms with Gasteiger partial charge >= 0.3 is 0 Å². The quantitative estimate of drug-likeness (QED) is 0.862. The van der Waals surface area contributed by atoms with E-state index in [9.17, 15) is 0 Å². The Balaban J connectivity index is 2.09. The molecule has 0 aromatic carbocycles. The van der Waals surface area contributed by atoms with Crippen LogP contribution in [0.2, 0.25) is 0 Å². The van der Waals surface area contributed by atoms with E-state index in [1.54, 1.807) is 0 Å². The van der Waals surface area contributed by atoms with Crippen LogP contribution in [-0.4, -0.2) is 42.1 Å². The molecule has 0 amide bonds. The monoisotopic (exact) mass is 278 g/mol. The van der Waals surface area contributed by atoms with Gasteiger partial charge in [0, 0.05) is 27.2 Å². The topological polar surface area (TPSA) is 66.0 Å². The van der Waals surface area contributed by atoms with E-state index in [0.717, 1.165) is 5.92 Å². The molecule has 2 N–H and O–H groups in total. The maximum atomic E-state index is 4.48. The Labute approximate surface area is 121 Å². The molecular weight excluding hydrogens is 252 g/mol. The van der Waals surface area contributed by atoms with E-state index in [-0.39, 0.29) is 0 Å². The molecule has 2 atom stereocenters. The molecule has 1 heterocycles. The Hall–Kier alpha value is -1.59. The first-order valence-corrected chi connectivity index (χ1v) is 7.50. The summed E-state index contributed by atoms with van der Waals surface area (Å²) in [6.45, 7) is 2.28. The van der Waals surface area contributed by atoms with Gasteiger partial charge in [0.05, 0.1) is 0 Å². The van der Waals surface area contributed by atoms with Crippen molar-refractivity contribution in [2.45, 2.75) is 45.1 Å². The van der Waals surface area contributed by atoms with Crippen LogP contribution >= 0.6 is 0 Å².